The Balaban J connectivity index is 1.89. The van der Waals surface area contributed by atoms with Gasteiger partial charge >= 0.3 is 5.97 Å². The highest BCUT2D eigenvalue weighted by Crippen LogP contribution is 2.35. The van der Waals surface area contributed by atoms with Crippen molar-refractivity contribution in [1.29, 1.82) is 0 Å². The normalized spacial score (nSPS) is 21.5. The van der Waals surface area contributed by atoms with Crippen LogP contribution in [0.25, 0.3) is 0 Å². The van der Waals surface area contributed by atoms with Crippen molar-refractivity contribution in [2.45, 2.75) is 53.1 Å². The van der Waals surface area contributed by atoms with E-state index < -0.39 is 0 Å². The van der Waals surface area contributed by atoms with Crippen LogP contribution in [0.15, 0.2) is 53.5 Å². The lowest BCUT2D eigenvalue weighted by Gasteiger charge is -2.37. The summed E-state index contributed by atoms with van der Waals surface area (Å²) in [7, 11) is 1.66. The van der Waals surface area contributed by atoms with Gasteiger partial charge < -0.3 is 9.64 Å². The number of hydrogen-bond acceptors (Lipinski definition) is 3. The van der Waals surface area contributed by atoms with E-state index in [0.717, 1.165) is 24.1 Å². The molecule has 0 saturated heterocycles. The molecule has 1 aliphatic carbocycles. The zero-order valence-electron chi connectivity index (χ0n) is 19.8. The number of para-hydroxylation sites is 1. The van der Waals surface area contributed by atoms with E-state index in [1.54, 1.807) is 19.2 Å². The van der Waals surface area contributed by atoms with Gasteiger partial charge in [0.25, 0.3) is 0 Å². The Bertz CT molecular complexity index is 956. The van der Waals surface area contributed by atoms with Crippen LogP contribution in [0.1, 0.15) is 51.2 Å². The van der Waals surface area contributed by atoms with Gasteiger partial charge in [-0.15, -0.1) is 0 Å². The number of rotatable bonds is 6. The molecule has 32 heavy (non-hydrogen) atoms. The predicted molar refractivity (Wildman–Crippen MR) is 129 cm³/mol. The van der Waals surface area contributed by atoms with Gasteiger partial charge in [0.15, 0.2) is 0 Å². The molecule has 2 aromatic rings. The molecule has 0 radical (unpaired) electrons. The third-order valence-corrected chi connectivity index (χ3v) is 6.49. The number of aliphatic imine (C=N–C) groups is 1. The van der Waals surface area contributed by atoms with Gasteiger partial charge in [0, 0.05) is 18.3 Å². The lowest BCUT2D eigenvalue weighted by Crippen LogP contribution is -2.41. The standard InChI is InChI=1S/C27H35FN2O2/c1-18(2)23-14-13-19(3)15-25(23)32-26(31)17-30(24-12-7-6-9-20(24)4)27(29-5)21-10-8-11-22(28)16-21/h6-12,16,18-19,23,25H,13-15,17H2,1-5H3/b29-27+/t19-,23+,25-/m1/s1. The van der Waals surface area contributed by atoms with Crippen LogP contribution in [0, 0.1) is 30.5 Å². The zero-order chi connectivity index (χ0) is 23.3. The van der Waals surface area contributed by atoms with Gasteiger partial charge in [0.2, 0.25) is 0 Å². The van der Waals surface area contributed by atoms with Crippen molar-refractivity contribution in [3.63, 3.8) is 0 Å². The monoisotopic (exact) mass is 438 g/mol. The Morgan fingerprint density at radius 3 is 2.59 bits per heavy atom. The number of benzene rings is 2. The number of amidine groups is 1. The van der Waals surface area contributed by atoms with Crippen LogP contribution in [0.2, 0.25) is 0 Å². The summed E-state index contributed by atoms with van der Waals surface area (Å²) in [6, 6.07) is 14.1. The molecule has 0 amide bonds. The predicted octanol–water partition coefficient (Wildman–Crippen LogP) is 6.02. The van der Waals surface area contributed by atoms with Gasteiger partial charge in [0.1, 0.15) is 24.3 Å². The average molecular weight is 439 g/mol. The summed E-state index contributed by atoms with van der Waals surface area (Å²) in [5, 5.41) is 0. The van der Waals surface area contributed by atoms with Crippen LogP contribution < -0.4 is 4.90 Å². The maximum absolute atomic E-state index is 14.0. The topological polar surface area (TPSA) is 41.9 Å². The van der Waals surface area contributed by atoms with Crippen molar-refractivity contribution in [3.05, 3.63) is 65.5 Å². The minimum absolute atomic E-state index is 0.0176. The average Bonchev–Trinajstić information content (AvgIpc) is 2.74. The molecule has 5 heteroatoms. The van der Waals surface area contributed by atoms with E-state index in [1.165, 1.54) is 18.6 Å². The van der Waals surface area contributed by atoms with Gasteiger partial charge in [-0.25, -0.2) is 4.39 Å². The highest BCUT2D eigenvalue weighted by Gasteiger charge is 2.34. The first-order valence-corrected chi connectivity index (χ1v) is 11.6. The second kappa shape index (κ2) is 10.8. The molecule has 4 nitrogen and oxygen atoms in total. The van der Waals surface area contributed by atoms with Crippen LogP contribution >= 0.6 is 0 Å². The van der Waals surface area contributed by atoms with Crippen LogP contribution in [-0.2, 0) is 9.53 Å². The highest BCUT2D eigenvalue weighted by atomic mass is 19.1. The molecule has 1 aliphatic rings. The molecular formula is C27H35FN2O2. The fraction of sp³-hybridized carbons (Fsp3) is 0.481. The number of nitrogens with zero attached hydrogens (tertiary/aromatic N) is 2. The Morgan fingerprint density at radius 2 is 1.94 bits per heavy atom. The van der Waals surface area contributed by atoms with Crippen molar-refractivity contribution < 1.29 is 13.9 Å². The highest BCUT2D eigenvalue weighted by molar-refractivity contribution is 6.12. The van der Waals surface area contributed by atoms with Crippen molar-refractivity contribution >= 4 is 17.5 Å². The van der Waals surface area contributed by atoms with Crippen LogP contribution in [-0.4, -0.2) is 31.5 Å². The number of ether oxygens (including phenoxy) is 1. The summed E-state index contributed by atoms with van der Waals surface area (Å²) in [5.41, 5.74) is 2.48. The summed E-state index contributed by atoms with van der Waals surface area (Å²) in [6.45, 7) is 8.64. The molecule has 0 unspecified atom stereocenters. The Hall–Kier alpha value is -2.69. The number of halogens is 1. The van der Waals surface area contributed by atoms with Gasteiger partial charge in [0.05, 0.1) is 0 Å². The molecule has 3 atom stereocenters. The SMILES string of the molecule is C/N=C(\c1cccc(F)c1)N(CC(=O)O[C@@H]1C[C@H](C)CC[C@H]1C(C)C)c1ccccc1C. The third-order valence-electron chi connectivity index (χ3n) is 6.49. The largest absolute Gasteiger partial charge is 0.461 e. The first-order valence-electron chi connectivity index (χ1n) is 11.6. The fourth-order valence-electron chi connectivity index (χ4n) is 4.76. The molecule has 0 heterocycles. The van der Waals surface area contributed by atoms with Crippen molar-refractivity contribution in [2.75, 3.05) is 18.5 Å². The zero-order valence-corrected chi connectivity index (χ0v) is 19.8. The lowest BCUT2D eigenvalue weighted by molar-refractivity contribution is -0.154. The molecule has 0 spiro atoms. The van der Waals surface area contributed by atoms with Crippen molar-refractivity contribution in [2.24, 2.45) is 22.7 Å². The number of hydrogen-bond donors (Lipinski definition) is 0. The molecular weight excluding hydrogens is 403 g/mol. The van der Waals surface area contributed by atoms with E-state index in [0.29, 0.717) is 29.2 Å². The molecule has 1 saturated carbocycles. The lowest BCUT2D eigenvalue weighted by atomic mass is 9.75. The summed E-state index contributed by atoms with van der Waals surface area (Å²) in [4.78, 5) is 19.5. The molecule has 172 valence electrons. The molecule has 2 aromatic carbocycles. The first kappa shape index (κ1) is 24.0. The summed E-state index contributed by atoms with van der Waals surface area (Å²) < 4.78 is 20.0. The van der Waals surface area contributed by atoms with Gasteiger partial charge in [-0.1, -0.05) is 57.5 Å². The van der Waals surface area contributed by atoms with Crippen molar-refractivity contribution in [3.8, 4) is 0 Å². The Morgan fingerprint density at radius 1 is 1.19 bits per heavy atom. The van der Waals surface area contributed by atoms with Gasteiger partial charge in [-0.3, -0.25) is 9.79 Å². The van der Waals surface area contributed by atoms with E-state index in [2.05, 4.69) is 25.8 Å². The number of aryl methyl sites for hydroxylation is 1. The molecule has 3 rings (SSSR count). The number of anilines is 1. The summed E-state index contributed by atoms with van der Waals surface area (Å²) >= 11 is 0. The van der Waals surface area contributed by atoms with E-state index in [4.69, 9.17) is 4.74 Å². The van der Waals surface area contributed by atoms with E-state index in [1.807, 2.05) is 36.1 Å². The summed E-state index contributed by atoms with van der Waals surface area (Å²) in [5.74, 6) is 1.31. The molecule has 0 aliphatic heterocycles. The maximum Gasteiger partial charge on any atom is 0.326 e. The quantitative estimate of drug-likeness (QED) is 0.315. The number of carbonyl (C=O) groups excluding carboxylic acids is 1. The minimum Gasteiger partial charge on any atom is -0.461 e. The van der Waals surface area contributed by atoms with Gasteiger partial charge in [-0.05, 0) is 61.3 Å². The van der Waals surface area contributed by atoms with Gasteiger partial charge in [-0.2, -0.15) is 0 Å². The fourth-order valence-corrected chi connectivity index (χ4v) is 4.76. The molecule has 0 aromatic heterocycles. The smallest absolute Gasteiger partial charge is 0.326 e. The van der Waals surface area contributed by atoms with E-state index in [9.17, 15) is 9.18 Å². The van der Waals surface area contributed by atoms with E-state index >= 15 is 0 Å². The molecule has 0 N–H and O–H groups in total. The van der Waals surface area contributed by atoms with Crippen LogP contribution in [0.5, 0.6) is 0 Å². The van der Waals surface area contributed by atoms with Crippen LogP contribution in [0.3, 0.4) is 0 Å². The summed E-state index contributed by atoms with van der Waals surface area (Å²) in [6.07, 6.45) is 3.10. The first-order chi connectivity index (χ1) is 15.3. The second-order valence-corrected chi connectivity index (χ2v) is 9.28. The Labute approximate surface area is 191 Å². The van der Waals surface area contributed by atoms with E-state index in [-0.39, 0.29) is 24.4 Å². The van der Waals surface area contributed by atoms with Crippen molar-refractivity contribution in [1.82, 2.24) is 0 Å². The Kier molecular flexibility index (Phi) is 8.05. The molecule has 1 fully saturated rings. The second-order valence-electron chi connectivity index (χ2n) is 9.28. The number of carbonyl (C=O) groups is 1. The maximum atomic E-state index is 14.0. The minimum atomic E-state index is -0.341. The third kappa shape index (κ3) is 5.76. The van der Waals surface area contributed by atoms with Crippen LogP contribution in [0.4, 0.5) is 10.1 Å². The number of esters is 1. The molecule has 0 bridgehead atoms.